The second-order valence-corrected chi connectivity index (χ2v) is 5.12. The Morgan fingerprint density at radius 2 is 2.06 bits per heavy atom. The molecule has 0 atom stereocenters. The summed E-state index contributed by atoms with van der Waals surface area (Å²) in [5.41, 5.74) is 7.61. The van der Waals surface area contributed by atoms with E-state index in [-0.39, 0.29) is 11.4 Å². The van der Waals surface area contributed by atoms with Crippen molar-refractivity contribution in [3.8, 4) is 0 Å². The second kappa shape index (κ2) is 3.91. The van der Waals surface area contributed by atoms with E-state index in [9.17, 15) is 4.79 Å². The summed E-state index contributed by atoms with van der Waals surface area (Å²) in [6.07, 6.45) is 0.929. The molecule has 86 valence electrons. The highest BCUT2D eigenvalue weighted by atomic mass is 16.2. The van der Waals surface area contributed by atoms with Crippen molar-refractivity contribution in [2.24, 2.45) is 5.73 Å². The number of rotatable bonds is 2. The Balaban J connectivity index is 2.22. The summed E-state index contributed by atoms with van der Waals surface area (Å²) in [7, 11) is 0. The van der Waals surface area contributed by atoms with Crippen LogP contribution in [0.4, 0.5) is 0 Å². The van der Waals surface area contributed by atoms with Gasteiger partial charge < -0.3 is 10.6 Å². The minimum atomic E-state index is -0.331. The topological polar surface area (TPSA) is 46.3 Å². The fourth-order valence-corrected chi connectivity index (χ4v) is 2.12. The van der Waals surface area contributed by atoms with E-state index in [0.29, 0.717) is 6.54 Å². The quantitative estimate of drug-likeness (QED) is 0.816. The van der Waals surface area contributed by atoms with Gasteiger partial charge in [-0.2, -0.15) is 0 Å². The van der Waals surface area contributed by atoms with E-state index in [1.54, 1.807) is 0 Å². The number of nitrogens with zero attached hydrogens (tertiary/aromatic N) is 1. The lowest BCUT2D eigenvalue weighted by molar-refractivity contribution is 0.0708. The van der Waals surface area contributed by atoms with Gasteiger partial charge in [-0.05, 0) is 31.9 Å². The molecule has 0 bridgehead atoms. The Kier molecular flexibility index (Phi) is 2.72. The standard InChI is InChI=1S/C13H18N2O/c1-13(2,14)9-15-8-7-10-5-3-4-6-11(10)12(15)16/h3-6H,7-9,14H2,1-2H3. The third-order valence-corrected chi connectivity index (χ3v) is 2.78. The maximum atomic E-state index is 12.2. The van der Waals surface area contributed by atoms with Gasteiger partial charge in [-0.1, -0.05) is 18.2 Å². The van der Waals surface area contributed by atoms with Crippen molar-refractivity contribution in [3.63, 3.8) is 0 Å². The van der Waals surface area contributed by atoms with Crippen LogP contribution in [0.25, 0.3) is 0 Å². The molecule has 1 aromatic rings. The van der Waals surface area contributed by atoms with Crippen molar-refractivity contribution in [2.45, 2.75) is 25.8 Å². The lowest BCUT2D eigenvalue weighted by Crippen LogP contribution is -2.49. The van der Waals surface area contributed by atoms with Gasteiger partial charge in [0, 0.05) is 24.2 Å². The minimum absolute atomic E-state index is 0.111. The third kappa shape index (κ3) is 2.25. The number of amides is 1. The highest BCUT2D eigenvalue weighted by molar-refractivity contribution is 5.96. The molecule has 0 saturated carbocycles. The molecule has 1 aliphatic heterocycles. The van der Waals surface area contributed by atoms with Crippen LogP contribution in [0, 0.1) is 0 Å². The first-order chi connectivity index (χ1) is 7.47. The third-order valence-electron chi connectivity index (χ3n) is 2.78. The van der Waals surface area contributed by atoms with E-state index in [1.807, 2.05) is 43.0 Å². The van der Waals surface area contributed by atoms with Gasteiger partial charge in [0.25, 0.3) is 5.91 Å². The van der Waals surface area contributed by atoms with Gasteiger partial charge in [0.1, 0.15) is 0 Å². The van der Waals surface area contributed by atoms with Crippen molar-refractivity contribution in [3.05, 3.63) is 35.4 Å². The summed E-state index contributed by atoms with van der Waals surface area (Å²) in [6, 6.07) is 7.81. The molecule has 0 aromatic heterocycles. The zero-order chi connectivity index (χ0) is 11.8. The van der Waals surface area contributed by atoms with Crippen LogP contribution in [0.15, 0.2) is 24.3 Å². The lowest BCUT2D eigenvalue weighted by atomic mass is 9.97. The smallest absolute Gasteiger partial charge is 0.254 e. The molecular formula is C13H18N2O. The molecular weight excluding hydrogens is 200 g/mol. The average Bonchev–Trinajstić information content (AvgIpc) is 2.21. The summed E-state index contributed by atoms with van der Waals surface area (Å²) in [5, 5.41) is 0. The molecule has 1 aliphatic rings. The molecule has 3 heteroatoms. The Bertz CT molecular complexity index is 407. The first kappa shape index (κ1) is 11.1. The Labute approximate surface area is 96.2 Å². The van der Waals surface area contributed by atoms with Gasteiger partial charge in [-0.25, -0.2) is 0 Å². The summed E-state index contributed by atoms with van der Waals surface area (Å²) in [6.45, 7) is 5.28. The van der Waals surface area contributed by atoms with Crippen molar-refractivity contribution in [1.82, 2.24) is 4.90 Å². The minimum Gasteiger partial charge on any atom is -0.336 e. The van der Waals surface area contributed by atoms with Crippen LogP contribution in [0.1, 0.15) is 29.8 Å². The maximum Gasteiger partial charge on any atom is 0.254 e. The van der Waals surface area contributed by atoms with Gasteiger partial charge in [0.05, 0.1) is 0 Å². The number of carbonyl (C=O) groups is 1. The van der Waals surface area contributed by atoms with Crippen molar-refractivity contribution in [1.29, 1.82) is 0 Å². The van der Waals surface area contributed by atoms with Gasteiger partial charge in [-0.3, -0.25) is 4.79 Å². The molecule has 3 nitrogen and oxygen atoms in total. The van der Waals surface area contributed by atoms with Crippen LogP contribution in [0.5, 0.6) is 0 Å². The Morgan fingerprint density at radius 3 is 2.75 bits per heavy atom. The molecule has 1 aromatic carbocycles. The van der Waals surface area contributed by atoms with E-state index in [4.69, 9.17) is 5.73 Å². The number of carbonyl (C=O) groups excluding carboxylic acids is 1. The second-order valence-electron chi connectivity index (χ2n) is 5.12. The molecule has 0 saturated heterocycles. The van der Waals surface area contributed by atoms with Crippen LogP contribution in [-0.4, -0.2) is 29.4 Å². The number of hydrogen-bond donors (Lipinski definition) is 1. The van der Waals surface area contributed by atoms with E-state index in [1.165, 1.54) is 0 Å². The lowest BCUT2D eigenvalue weighted by Gasteiger charge is -2.33. The monoisotopic (exact) mass is 218 g/mol. The fourth-order valence-electron chi connectivity index (χ4n) is 2.12. The predicted octanol–water partition coefficient (Wildman–Crippen LogP) is 1.42. The fraction of sp³-hybridized carbons (Fsp3) is 0.462. The molecule has 0 unspecified atom stereocenters. The molecule has 16 heavy (non-hydrogen) atoms. The number of hydrogen-bond acceptors (Lipinski definition) is 2. The number of benzene rings is 1. The maximum absolute atomic E-state index is 12.2. The van der Waals surface area contributed by atoms with E-state index >= 15 is 0 Å². The summed E-state index contributed by atoms with van der Waals surface area (Å²) in [4.78, 5) is 14.0. The molecule has 1 heterocycles. The van der Waals surface area contributed by atoms with Crippen LogP contribution in [-0.2, 0) is 6.42 Å². The van der Waals surface area contributed by atoms with Crippen LogP contribution in [0.2, 0.25) is 0 Å². The highest BCUT2D eigenvalue weighted by Gasteiger charge is 2.27. The normalized spacial score (nSPS) is 16.2. The van der Waals surface area contributed by atoms with Gasteiger partial charge in [0.15, 0.2) is 0 Å². The predicted molar refractivity (Wildman–Crippen MR) is 64.3 cm³/mol. The summed E-state index contributed by atoms with van der Waals surface area (Å²) in [5.74, 6) is 0.111. The van der Waals surface area contributed by atoms with Gasteiger partial charge >= 0.3 is 0 Å². The van der Waals surface area contributed by atoms with Gasteiger partial charge in [-0.15, -0.1) is 0 Å². The molecule has 0 radical (unpaired) electrons. The molecule has 1 amide bonds. The number of nitrogens with two attached hydrogens (primary N) is 1. The zero-order valence-corrected chi connectivity index (χ0v) is 9.86. The molecule has 0 spiro atoms. The molecule has 2 rings (SSSR count). The van der Waals surface area contributed by atoms with Crippen LogP contribution in [0.3, 0.4) is 0 Å². The van der Waals surface area contributed by atoms with E-state index < -0.39 is 0 Å². The summed E-state index contributed by atoms with van der Waals surface area (Å²) < 4.78 is 0. The highest BCUT2D eigenvalue weighted by Crippen LogP contribution is 2.19. The summed E-state index contributed by atoms with van der Waals surface area (Å²) >= 11 is 0. The van der Waals surface area contributed by atoms with Crippen LogP contribution < -0.4 is 5.73 Å². The molecule has 0 fully saturated rings. The van der Waals surface area contributed by atoms with Gasteiger partial charge in [0.2, 0.25) is 0 Å². The van der Waals surface area contributed by atoms with E-state index in [0.717, 1.165) is 24.1 Å². The Morgan fingerprint density at radius 1 is 1.38 bits per heavy atom. The Hall–Kier alpha value is -1.35. The van der Waals surface area contributed by atoms with Crippen LogP contribution >= 0.6 is 0 Å². The SMILES string of the molecule is CC(C)(N)CN1CCc2ccccc2C1=O. The number of fused-ring (bicyclic) bond motifs is 1. The molecule has 0 aliphatic carbocycles. The molecule has 2 N–H and O–H groups in total. The zero-order valence-electron chi connectivity index (χ0n) is 9.86. The average molecular weight is 218 g/mol. The first-order valence-electron chi connectivity index (χ1n) is 5.63. The largest absolute Gasteiger partial charge is 0.336 e. The van der Waals surface area contributed by atoms with Crippen molar-refractivity contribution >= 4 is 5.91 Å². The van der Waals surface area contributed by atoms with Crippen molar-refractivity contribution in [2.75, 3.05) is 13.1 Å². The first-order valence-corrected chi connectivity index (χ1v) is 5.63. The van der Waals surface area contributed by atoms with E-state index in [2.05, 4.69) is 0 Å². The van der Waals surface area contributed by atoms with Crippen molar-refractivity contribution < 1.29 is 4.79 Å².